The summed E-state index contributed by atoms with van der Waals surface area (Å²) in [6, 6.07) is 21.3. The first kappa shape index (κ1) is 20.7. The summed E-state index contributed by atoms with van der Waals surface area (Å²) < 4.78 is 0. The number of aromatic amines is 1. The number of nitrogens with one attached hydrogen (secondary N) is 1. The molecule has 0 saturated carbocycles. The molecule has 0 aliphatic carbocycles. The number of amides is 1. The highest BCUT2D eigenvalue weighted by Crippen LogP contribution is 2.28. The number of aromatic nitrogens is 2. The molecule has 1 aromatic heterocycles. The molecule has 1 saturated heterocycles. The van der Waals surface area contributed by atoms with Crippen LogP contribution in [0, 0.1) is 12.8 Å². The molecule has 4 heteroatoms. The third-order valence-corrected chi connectivity index (χ3v) is 6.81. The van der Waals surface area contributed by atoms with Gasteiger partial charge in [-0.1, -0.05) is 61.5 Å². The molecule has 0 bridgehead atoms. The number of hydrogen-bond acceptors (Lipinski definition) is 2. The third kappa shape index (κ3) is 4.27. The number of imidazole rings is 1. The highest BCUT2D eigenvalue weighted by molar-refractivity contribution is 5.83. The Balaban J connectivity index is 1.22. The summed E-state index contributed by atoms with van der Waals surface area (Å²) >= 11 is 0. The van der Waals surface area contributed by atoms with E-state index in [-0.39, 0.29) is 11.8 Å². The van der Waals surface area contributed by atoms with Crippen LogP contribution in [0.4, 0.5) is 0 Å². The van der Waals surface area contributed by atoms with Crippen molar-refractivity contribution in [1.29, 1.82) is 0 Å². The summed E-state index contributed by atoms with van der Waals surface area (Å²) in [4.78, 5) is 23.6. The van der Waals surface area contributed by atoms with E-state index >= 15 is 0 Å². The van der Waals surface area contributed by atoms with E-state index in [1.54, 1.807) is 0 Å². The maximum Gasteiger partial charge on any atom is 0.222 e. The summed E-state index contributed by atoms with van der Waals surface area (Å²) in [5.74, 6) is 1.90. The van der Waals surface area contributed by atoms with Crippen LogP contribution in [0.3, 0.4) is 0 Å². The van der Waals surface area contributed by atoms with Crippen LogP contribution in [0.5, 0.6) is 0 Å². The number of aryl methyl sites for hydroxylation is 1. The lowest BCUT2D eigenvalue weighted by Gasteiger charge is -2.32. The highest BCUT2D eigenvalue weighted by atomic mass is 16.2. The van der Waals surface area contributed by atoms with Crippen molar-refractivity contribution >= 4 is 27.7 Å². The minimum atomic E-state index is 0.273. The number of carbonyl (C=O) groups is 1. The fraction of sp³-hybridized carbons (Fsp3) is 0.357. The first-order valence-corrected chi connectivity index (χ1v) is 11.8. The van der Waals surface area contributed by atoms with Crippen molar-refractivity contribution in [3.05, 3.63) is 77.6 Å². The van der Waals surface area contributed by atoms with Gasteiger partial charge in [-0.15, -0.1) is 0 Å². The van der Waals surface area contributed by atoms with Gasteiger partial charge in [-0.2, -0.15) is 0 Å². The lowest BCUT2D eigenvalue weighted by molar-refractivity contribution is -0.133. The van der Waals surface area contributed by atoms with Crippen LogP contribution in [0.25, 0.3) is 21.8 Å². The van der Waals surface area contributed by atoms with E-state index in [1.807, 2.05) is 0 Å². The molecule has 32 heavy (non-hydrogen) atoms. The molecule has 1 aliphatic heterocycles. The van der Waals surface area contributed by atoms with Crippen LogP contribution < -0.4 is 0 Å². The van der Waals surface area contributed by atoms with E-state index in [1.165, 1.54) is 21.9 Å². The molecule has 0 radical (unpaired) electrons. The molecule has 164 valence electrons. The Hall–Kier alpha value is -3.14. The van der Waals surface area contributed by atoms with Gasteiger partial charge in [-0.05, 0) is 60.1 Å². The summed E-state index contributed by atoms with van der Waals surface area (Å²) in [6.07, 6.45) is 3.64. The van der Waals surface area contributed by atoms with Gasteiger partial charge in [-0.3, -0.25) is 4.79 Å². The number of hydrogen-bond donors (Lipinski definition) is 1. The van der Waals surface area contributed by atoms with Crippen molar-refractivity contribution in [2.24, 2.45) is 5.92 Å². The van der Waals surface area contributed by atoms with Gasteiger partial charge in [0.2, 0.25) is 5.91 Å². The molecule has 4 aromatic rings. The molecule has 1 aliphatic rings. The average molecular weight is 426 g/mol. The van der Waals surface area contributed by atoms with Crippen LogP contribution in [0.2, 0.25) is 0 Å². The second-order valence-corrected chi connectivity index (χ2v) is 9.47. The second-order valence-electron chi connectivity index (χ2n) is 9.47. The quantitative estimate of drug-likeness (QED) is 0.426. The smallest absolute Gasteiger partial charge is 0.222 e. The first-order chi connectivity index (χ1) is 15.6. The number of likely N-dealkylation sites (tertiary alicyclic amines) is 1. The largest absolute Gasteiger partial charge is 0.342 e. The van der Waals surface area contributed by atoms with Gasteiger partial charge in [0.05, 0.1) is 11.0 Å². The van der Waals surface area contributed by atoms with E-state index in [2.05, 4.69) is 84.4 Å². The average Bonchev–Trinajstić information content (AvgIpc) is 3.25. The number of H-pyrrole nitrogens is 1. The van der Waals surface area contributed by atoms with Gasteiger partial charge < -0.3 is 9.88 Å². The molecule has 0 unspecified atom stereocenters. The molecule has 5 rings (SSSR count). The van der Waals surface area contributed by atoms with Gasteiger partial charge in [-0.25, -0.2) is 4.98 Å². The van der Waals surface area contributed by atoms with Crippen LogP contribution >= 0.6 is 0 Å². The van der Waals surface area contributed by atoms with Gasteiger partial charge in [0.25, 0.3) is 0 Å². The Kier molecular flexibility index (Phi) is 5.69. The summed E-state index contributed by atoms with van der Waals surface area (Å²) in [5, 5.41) is 2.53. The Morgan fingerprint density at radius 3 is 2.81 bits per heavy atom. The third-order valence-electron chi connectivity index (χ3n) is 6.81. The van der Waals surface area contributed by atoms with Crippen molar-refractivity contribution in [1.82, 2.24) is 14.9 Å². The van der Waals surface area contributed by atoms with E-state index < -0.39 is 0 Å². The minimum Gasteiger partial charge on any atom is -0.342 e. The number of rotatable bonds is 5. The molecule has 1 amide bonds. The number of para-hydroxylation sites is 1. The lowest BCUT2D eigenvalue weighted by atomic mass is 9.94. The summed E-state index contributed by atoms with van der Waals surface area (Å²) in [6.45, 7) is 5.91. The van der Waals surface area contributed by atoms with Crippen molar-refractivity contribution in [3.8, 4) is 0 Å². The van der Waals surface area contributed by atoms with Crippen LogP contribution in [-0.2, 0) is 11.2 Å². The first-order valence-electron chi connectivity index (χ1n) is 11.8. The maximum atomic E-state index is 13.1. The Bertz CT molecular complexity index is 1260. The fourth-order valence-electron chi connectivity index (χ4n) is 5.08. The molecule has 4 nitrogen and oxygen atoms in total. The van der Waals surface area contributed by atoms with Crippen LogP contribution in [0.15, 0.2) is 60.7 Å². The topological polar surface area (TPSA) is 49.0 Å². The predicted molar refractivity (Wildman–Crippen MR) is 131 cm³/mol. The molecule has 1 N–H and O–H groups in total. The predicted octanol–water partition coefficient (Wildman–Crippen LogP) is 6.00. The SMILES string of the molecule is Cc1cccc2[nH]c([C@@H]3CCCN(C(=O)C[C@H](C)Cc4ccc5ccccc5c4)C3)nc12. The van der Waals surface area contributed by atoms with E-state index in [9.17, 15) is 4.79 Å². The van der Waals surface area contributed by atoms with Crippen LogP contribution in [0.1, 0.15) is 49.1 Å². The van der Waals surface area contributed by atoms with Gasteiger partial charge in [0, 0.05) is 25.4 Å². The monoisotopic (exact) mass is 425 g/mol. The number of benzene rings is 3. The Morgan fingerprint density at radius 1 is 1.12 bits per heavy atom. The number of nitrogens with zero attached hydrogens (tertiary/aromatic N) is 2. The van der Waals surface area contributed by atoms with E-state index in [0.717, 1.165) is 49.2 Å². The molecule has 0 spiro atoms. The van der Waals surface area contributed by atoms with Crippen molar-refractivity contribution in [2.75, 3.05) is 13.1 Å². The van der Waals surface area contributed by atoms with E-state index in [0.29, 0.717) is 12.3 Å². The van der Waals surface area contributed by atoms with Crippen LogP contribution in [-0.4, -0.2) is 33.9 Å². The second kappa shape index (κ2) is 8.78. The molecule has 2 atom stereocenters. The summed E-state index contributed by atoms with van der Waals surface area (Å²) in [5.41, 5.74) is 4.64. The van der Waals surface area contributed by atoms with Crippen molar-refractivity contribution < 1.29 is 4.79 Å². The molecule has 1 fully saturated rings. The molecular formula is C28H31N3O. The molecule has 2 heterocycles. The standard InChI is InChI=1S/C28H31N3O/c1-19(15-21-12-13-22-8-3-4-9-23(22)17-21)16-26(32)31-14-6-10-24(18-31)28-29-25-11-5-7-20(2)27(25)30-28/h3-5,7-9,11-13,17,19,24H,6,10,14-16,18H2,1-2H3,(H,29,30)/t19-,24-/m1/s1. The zero-order chi connectivity index (χ0) is 22.1. The van der Waals surface area contributed by atoms with Gasteiger partial charge >= 0.3 is 0 Å². The lowest BCUT2D eigenvalue weighted by Crippen LogP contribution is -2.40. The van der Waals surface area contributed by atoms with Gasteiger partial charge in [0.15, 0.2) is 0 Å². The maximum absolute atomic E-state index is 13.1. The molecular weight excluding hydrogens is 394 g/mol. The van der Waals surface area contributed by atoms with Crippen molar-refractivity contribution in [2.45, 2.75) is 45.4 Å². The fourth-order valence-corrected chi connectivity index (χ4v) is 5.08. The number of piperidine rings is 1. The Labute approximate surface area is 189 Å². The number of carbonyl (C=O) groups excluding carboxylic acids is 1. The highest BCUT2D eigenvalue weighted by Gasteiger charge is 2.27. The Morgan fingerprint density at radius 2 is 1.97 bits per heavy atom. The van der Waals surface area contributed by atoms with E-state index in [4.69, 9.17) is 4.98 Å². The zero-order valence-electron chi connectivity index (χ0n) is 19.0. The zero-order valence-corrected chi connectivity index (χ0v) is 19.0. The normalized spacial score (nSPS) is 17.7. The van der Waals surface area contributed by atoms with Gasteiger partial charge in [0.1, 0.15) is 5.82 Å². The molecule has 3 aromatic carbocycles. The van der Waals surface area contributed by atoms with Crippen molar-refractivity contribution in [3.63, 3.8) is 0 Å². The minimum absolute atomic E-state index is 0.273. The summed E-state index contributed by atoms with van der Waals surface area (Å²) in [7, 11) is 0. The number of fused-ring (bicyclic) bond motifs is 2.